The highest BCUT2D eigenvalue weighted by Crippen LogP contribution is 2.46. The van der Waals surface area contributed by atoms with Gasteiger partial charge in [-0.15, -0.1) is 0 Å². The summed E-state index contributed by atoms with van der Waals surface area (Å²) >= 11 is 0. The minimum Gasteiger partial charge on any atom is -0.455 e. The lowest BCUT2D eigenvalue weighted by Gasteiger charge is -2.16. The Morgan fingerprint density at radius 3 is 1.45 bits per heavy atom. The Labute approximate surface area is 271 Å². The fourth-order valence-corrected chi connectivity index (χ4v) is 7.84. The van der Waals surface area contributed by atoms with E-state index in [9.17, 15) is 0 Å². The summed E-state index contributed by atoms with van der Waals surface area (Å²) in [6.45, 7) is 2.21. The van der Waals surface area contributed by atoms with Gasteiger partial charge in [-0.3, -0.25) is 0 Å². The number of nitrogens with zero attached hydrogens (tertiary/aromatic N) is 1. The van der Waals surface area contributed by atoms with Crippen molar-refractivity contribution in [2.45, 2.75) is 6.92 Å². The lowest BCUT2D eigenvalue weighted by atomic mass is 9.92. The molecule has 2 nitrogen and oxygen atoms in total. The van der Waals surface area contributed by atoms with Gasteiger partial charge in [0.2, 0.25) is 0 Å². The molecule has 0 atom stereocenters. The normalized spacial score (nSPS) is 11.9. The van der Waals surface area contributed by atoms with Gasteiger partial charge in [0.15, 0.2) is 0 Å². The van der Waals surface area contributed by atoms with Crippen LogP contribution >= 0.6 is 0 Å². The second-order valence-corrected chi connectivity index (χ2v) is 12.5. The molecule has 0 aliphatic rings. The van der Waals surface area contributed by atoms with Crippen LogP contribution in [0, 0.1) is 6.92 Å². The van der Waals surface area contributed by atoms with Gasteiger partial charge in [-0.05, 0) is 64.0 Å². The molecule has 0 saturated heterocycles. The van der Waals surface area contributed by atoms with E-state index in [0.717, 1.165) is 55.3 Å². The summed E-state index contributed by atoms with van der Waals surface area (Å²) in [4.78, 5) is 0. The highest BCUT2D eigenvalue weighted by atomic mass is 16.3. The van der Waals surface area contributed by atoms with Crippen molar-refractivity contribution in [3.63, 3.8) is 0 Å². The van der Waals surface area contributed by atoms with E-state index in [1.54, 1.807) is 0 Å². The average Bonchev–Trinajstić information content (AvgIpc) is 3.38. The molecule has 2 heteroatoms. The molecule has 0 fully saturated rings. The number of aromatic nitrogens is 1. The van der Waals surface area contributed by atoms with Crippen LogP contribution < -0.4 is 0 Å². The zero-order chi connectivity index (χ0) is 31.1. The van der Waals surface area contributed by atoms with E-state index in [1.165, 1.54) is 43.5 Å². The predicted molar refractivity (Wildman–Crippen MR) is 199 cm³/mol. The van der Waals surface area contributed by atoms with Crippen LogP contribution in [0.1, 0.15) is 5.56 Å². The molecule has 0 aliphatic carbocycles. The van der Waals surface area contributed by atoms with Crippen LogP contribution in [-0.4, -0.2) is 4.57 Å². The van der Waals surface area contributed by atoms with Crippen molar-refractivity contribution in [2.24, 2.45) is 0 Å². The molecular weight excluding hydrogens is 571 g/mol. The summed E-state index contributed by atoms with van der Waals surface area (Å²) in [7, 11) is 0. The van der Waals surface area contributed by atoms with Crippen molar-refractivity contribution in [2.75, 3.05) is 0 Å². The Morgan fingerprint density at radius 1 is 0.404 bits per heavy atom. The molecule has 220 valence electrons. The summed E-state index contributed by atoms with van der Waals surface area (Å²) in [6.07, 6.45) is 0. The fraction of sp³-hybridized carbons (Fsp3) is 0.0222. The zero-order valence-electron chi connectivity index (χ0n) is 25.9. The molecule has 2 heterocycles. The van der Waals surface area contributed by atoms with Crippen LogP contribution in [0.2, 0.25) is 0 Å². The Morgan fingerprint density at radius 2 is 0.851 bits per heavy atom. The van der Waals surface area contributed by atoms with Crippen molar-refractivity contribution < 1.29 is 4.42 Å². The summed E-state index contributed by atoms with van der Waals surface area (Å²) in [5.74, 6) is 0. The first kappa shape index (κ1) is 26.1. The van der Waals surface area contributed by atoms with Gasteiger partial charge < -0.3 is 8.98 Å². The summed E-state index contributed by atoms with van der Waals surface area (Å²) < 4.78 is 9.85. The minimum absolute atomic E-state index is 0.893. The van der Waals surface area contributed by atoms with Crippen molar-refractivity contribution in [1.82, 2.24) is 4.57 Å². The summed E-state index contributed by atoms with van der Waals surface area (Å²) in [6, 6.07) is 56.9. The quantitative estimate of drug-likeness (QED) is 0.198. The van der Waals surface area contributed by atoms with E-state index >= 15 is 0 Å². The van der Waals surface area contributed by atoms with Gasteiger partial charge in [0.05, 0.1) is 16.7 Å². The van der Waals surface area contributed by atoms with E-state index in [0.29, 0.717) is 0 Å². The van der Waals surface area contributed by atoms with Crippen LogP contribution in [0.5, 0.6) is 0 Å². The Hall–Kier alpha value is -6.12. The highest BCUT2D eigenvalue weighted by Gasteiger charge is 2.22. The Bertz CT molecular complexity index is 2780. The lowest BCUT2D eigenvalue weighted by molar-refractivity contribution is 0.666. The van der Waals surface area contributed by atoms with Gasteiger partial charge in [0, 0.05) is 38.1 Å². The van der Waals surface area contributed by atoms with Crippen LogP contribution in [-0.2, 0) is 0 Å². The van der Waals surface area contributed by atoms with Gasteiger partial charge in [0.25, 0.3) is 0 Å². The van der Waals surface area contributed by atoms with Crippen LogP contribution in [0.3, 0.4) is 0 Å². The molecule has 0 amide bonds. The summed E-state index contributed by atoms with van der Waals surface area (Å²) in [5, 5.41) is 9.54. The number of benzene rings is 8. The number of rotatable bonds is 3. The first-order valence-corrected chi connectivity index (χ1v) is 16.2. The van der Waals surface area contributed by atoms with Gasteiger partial charge in [-0.2, -0.15) is 0 Å². The number of hydrogen-bond donors (Lipinski definition) is 0. The first-order valence-electron chi connectivity index (χ1n) is 16.2. The maximum absolute atomic E-state index is 7.41. The number of aryl methyl sites for hydroxylation is 1. The minimum atomic E-state index is 0.893. The largest absolute Gasteiger partial charge is 0.455 e. The zero-order valence-corrected chi connectivity index (χ0v) is 25.9. The van der Waals surface area contributed by atoms with Crippen LogP contribution in [0.4, 0.5) is 0 Å². The van der Waals surface area contributed by atoms with E-state index in [-0.39, 0.29) is 0 Å². The second kappa shape index (κ2) is 9.94. The lowest BCUT2D eigenvalue weighted by Crippen LogP contribution is -1.97. The molecule has 10 aromatic rings. The standard InChI is InChI=1S/C45H29NO/c1-28-26-37(29-14-4-2-5-15-29)44-42-31(28)20-12-21-34(42)35-22-13-23-36-41(27-38(45(47-44)43(35)36)30-16-6-3-7-17-30)46-39-24-10-8-18-32(39)33-19-9-11-25-40(33)46/h2-27H,1H3. The SMILES string of the molecule is Cc1cc(-c2ccccc2)c2oc3c(-c4ccccc4)cc(-n4c5ccccc5c5ccccc54)c4cccc(c5cccc1c25)c43. The Balaban J connectivity index is 1.49. The fourth-order valence-electron chi connectivity index (χ4n) is 7.84. The van der Waals surface area contributed by atoms with Gasteiger partial charge in [-0.1, -0.05) is 133 Å². The summed E-state index contributed by atoms with van der Waals surface area (Å²) in [5.41, 5.74) is 11.0. The predicted octanol–water partition coefficient (Wildman–Crippen LogP) is 12.6. The van der Waals surface area contributed by atoms with E-state index in [1.807, 2.05) is 0 Å². The van der Waals surface area contributed by atoms with Gasteiger partial charge in [0.1, 0.15) is 11.2 Å². The molecule has 8 aromatic carbocycles. The van der Waals surface area contributed by atoms with Crippen LogP contribution in [0.15, 0.2) is 162 Å². The molecule has 0 spiro atoms. The molecule has 47 heavy (non-hydrogen) atoms. The van der Waals surface area contributed by atoms with Crippen molar-refractivity contribution in [3.05, 3.63) is 163 Å². The third-order valence-electron chi connectivity index (χ3n) is 9.90. The van der Waals surface area contributed by atoms with Crippen molar-refractivity contribution >= 4 is 65.3 Å². The molecule has 0 aliphatic heterocycles. The third-order valence-corrected chi connectivity index (χ3v) is 9.90. The maximum Gasteiger partial charge on any atom is 0.143 e. The first-order chi connectivity index (χ1) is 23.3. The van der Waals surface area contributed by atoms with Crippen molar-refractivity contribution in [1.29, 1.82) is 0 Å². The van der Waals surface area contributed by atoms with E-state index in [2.05, 4.69) is 169 Å². The van der Waals surface area contributed by atoms with Crippen molar-refractivity contribution in [3.8, 4) is 27.9 Å². The highest BCUT2D eigenvalue weighted by molar-refractivity contribution is 6.28. The second-order valence-electron chi connectivity index (χ2n) is 12.5. The molecule has 0 radical (unpaired) electrons. The number of fused-ring (bicyclic) bond motifs is 4. The monoisotopic (exact) mass is 599 g/mol. The third kappa shape index (κ3) is 3.73. The molecule has 0 N–H and O–H groups in total. The molecule has 10 rings (SSSR count). The van der Waals surface area contributed by atoms with Crippen LogP contribution in [0.25, 0.3) is 93.2 Å². The van der Waals surface area contributed by atoms with Gasteiger partial charge >= 0.3 is 0 Å². The number of hydrogen-bond acceptors (Lipinski definition) is 1. The molecular formula is C45H29NO. The Kier molecular flexibility index (Phi) is 5.53. The molecule has 2 aromatic heterocycles. The average molecular weight is 600 g/mol. The van der Waals surface area contributed by atoms with E-state index < -0.39 is 0 Å². The number of para-hydroxylation sites is 2. The molecule has 0 saturated carbocycles. The topological polar surface area (TPSA) is 18.1 Å². The molecule has 0 bridgehead atoms. The van der Waals surface area contributed by atoms with Gasteiger partial charge in [-0.25, -0.2) is 0 Å². The van der Waals surface area contributed by atoms with E-state index in [4.69, 9.17) is 4.42 Å². The smallest absolute Gasteiger partial charge is 0.143 e. The molecule has 0 unspecified atom stereocenters. The maximum atomic E-state index is 7.41.